The van der Waals surface area contributed by atoms with Crippen molar-refractivity contribution in [2.24, 2.45) is 0 Å². The highest BCUT2D eigenvalue weighted by Crippen LogP contribution is 2.15. The van der Waals surface area contributed by atoms with Gasteiger partial charge in [-0.25, -0.2) is 4.79 Å². The predicted molar refractivity (Wildman–Crippen MR) is 98.6 cm³/mol. The van der Waals surface area contributed by atoms with Crippen molar-refractivity contribution >= 4 is 12.0 Å². The van der Waals surface area contributed by atoms with Crippen LogP contribution in [0.4, 0.5) is 0 Å². The van der Waals surface area contributed by atoms with E-state index in [4.69, 9.17) is 9.47 Å². The third-order valence-electron chi connectivity index (χ3n) is 3.59. The van der Waals surface area contributed by atoms with E-state index in [0.29, 0.717) is 18.1 Å². The first-order chi connectivity index (χ1) is 12.2. The number of aliphatic hydroxyl groups is 1. The van der Waals surface area contributed by atoms with Gasteiger partial charge in [0.1, 0.15) is 18.1 Å². The van der Waals surface area contributed by atoms with Crippen LogP contribution in [-0.2, 0) is 4.79 Å². The van der Waals surface area contributed by atoms with Crippen LogP contribution in [0.3, 0.4) is 0 Å². The van der Waals surface area contributed by atoms with E-state index in [2.05, 4.69) is 6.92 Å². The highest BCUT2D eigenvalue weighted by molar-refractivity contribution is 5.88. The van der Waals surface area contributed by atoms with Gasteiger partial charge in [0.2, 0.25) is 0 Å². The van der Waals surface area contributed by atoms with E-state index in [1.165, 1.54) is 6.08 Å². The van der Waals surface area contributed by atoms with E-state index in [9.17, 15) is 9.90 Å². The average Bonchev–Trinajstić information content (AvgIpc) is 2.64. The predicted octanol–water partition coefficient (Wildman–Crippen LogP) is 4.24. The molecule has 1 unspecified atom stereocenters. The fourth-order valence-corrected chi connectivity index (χ4v) is 2.19. The smallest absolute Gasteiger partial charge is 0.336 e. The number of hydrogen-bond acceptors (Lipinski definition) is 4. The fraction of sp³-hybridized carbons (Fsp3) is 0.286. The molecule has 0 aliphatic heterocycles. The highest BCUT2D eigenvalue weighted by Gasteiger charge is 2.04. The van der Waals surface area contributed by atoms with Gasteiger partial charge in [-0.15, -0.1) is 0 Å². The molecule has 2 aromatic rings. The highest BCUT2D eigenvalue weighted by atomic mass is 16.5. The lowest BCUT2D eigenvalue weighted by Gasteiger charge is -2.11. The molecule has 0 saturated carbocycles. The number of carbonyl (C=O) groups is 1. The van der Waals surface area contributed by atoms with E-state index in [-0.39, 0.29) is 0 Å². The van der Waals surface area contributed by atoms with E-state index in [1.807, 2.05) is 42.5 Å². The first kappa shape index (κ1) is 18.7. The Bertz CT molecular complexity index is 662. The number of benzene rings is 2. The van der Waals surface area contributed by atoms with Gasteiger partial charge in [0.05, 0.1) is 6.10 Å². The Balaban J connectivity index is 1.80. The van der Waals surface area contributed by atoms with Crippen molar-refractivity contribution in [3.8, 4) is 11.5 Å². The minimum Gasteiger partial charge on any atom is -0.491 e. The van der Waals surface area contributed by atoms with Crippen LogP contribution < -0.4 is 9.47 Å². The van der Waals surface area contributed by atoms with Gasteiger partial charge < -0.3 is 14.6 Å². The Kier molecular flexibility index (Phi) is 7.73. The molecule has 2 rings (SSSR count). The summed E-state index contributed by atoms with van der Waals surface area (Å²) in [4.78, 5) is 11.8. The van der Waals surface area contributed by atoms with Crippen LogP contribution in [0.2, 0.25) is 0 Å². The first-order valence-electron chi connectivity index (χ1n) is 8.53. The van der Waals surface area contributed by atoms with Crippen LogP contribution in [0.15, 0.2) is 60.7 Å². The van der Waals surface area contributed by atoms with E-state index >= 15 is 0 Å². The monoisotopic (exact) mass is 340 g/mol. The second kappa shape index (κ2) is 10.3. The summed E-state index contributed by atoms with van der Waals surface area (Å²) in [5.74, 6) is 0.785. The third-order valence-corrected chi connectivity index (χ3v) is 3.59. The van der Waals surface area contributed by atoms with Crippen LogP contribution in [-0.4, -0.2) is 23.8 Å². The van der Waals surface area contributed by atoms with Crippen molar-refractivity contribution in [2.75, 3.05) is 6.61 Å². The number of unbranched alkanes of at least 4 members (excludes halogenated alkanes) is 1. The Morgan fingerprint density at radius 1 is 1.08 bits per heavy atom. The number of rotatable bonds is 9. The molecule has 0 saturated heterocycles. The summed E-state index contributed by atoms with van der Waals surface area (Å²) in [6, 6.07) is 16.3. The standard InChI is InChI=1S/C21H24O4/c1-2-3-7-18(22)16-24-19-13-10-17(11-14-19)12-15-21(23)25-20-8-5-4-6-9-20/h4-6,8-15,18,22H,2-3,7,16H2,1H3/b15-12+. The summed E-state index contributed by atoms with van der Waals surface area (Å²) in [5.41, 5.74) is 0.865. The summed E-state index contributed by atoms with van der Waals surface area (Å²) in [5, 5.41) is 9.78. The summed E-state index contributed by atoms with van der Waals surface area (Å²) >= 11 is 0. The van der Waals surface area contributed by atoms with Gasteiger partial charge in [-0.3, -0.25) is 0 Å². The molecular weight excluding hydrogens is 316 g/mol. The number of aliphatic hydroxyl groups excluding tert-OH is 1. The van der Waals surface area contributed by atoms with E-state index < -0.39 is 12.1 Å². The molecule has 0 fully saturated rings. The van der Waals surface area contributed by atoms with Crippen molar-refractivity contribution in [3.05, 3.63) is 66.2 Å². The van der Waals surface area contributed by atoms with Gasteiger partial charge in [-0.1, -0.05) is 50.1 Å². The first-order valence-corrected chi connectivity index (χ1v) is 8.53. The quantitative estimate of drug-likeness (QED) is 0.421. The van der Waals surface area contributed by atoms with Crippen molar-refractivity contribution < 1.29 is 19.4 Å². The summed E-state index contributed by atoms with van der Waals surface area (Å²) in [6.07, 6.45) is 5.44. The summed E-state index contributed by atoms with van der Waals surface area (Å²) < 4.78 is 10.7. The lowest BCUT2D eigenvalue weighted by molar-refractivity contribution is -0.128. The molecule has 25 heavy (non-hydrogen) atoms. The van der Waals surface area contributed by atoms with Gasteiger partial charge in [0.25, 0.3) is 0 Å². The second-order valence-corrected chi connectivity index (χ2v) is 5.74. The van der Waals surface area contributed by atoms with Gasteiger partial charge in [-0.05, 0) is 42.3 Å². The zero-order valence-corrected chi connectivity index (χ0v) is 14.4. The normalized spacial score (nSPS) is 12.1. The van der Waals surface area contributed by atoms with E-state index in [0.717, 1.165) is 24.8 Å². The van der Waals surface area contributed by atoms with Crippen LogP contribution >= 0.6 is 0 Å². The molecule has 0 aliphatic rings. The molecule has 0 amide bonds. The Morgan fingerprint density at radius 2 is 1.80 bits per heavy atom. The average molecular weight is 340 g/mol. The molecule has 0 radical (unpaired) electrons. The topological polar surface area (TPSA) is 55.8 Å². The van der Waals surface area contributed by atoms with Gasteiger partial charge in [0, 0.05) is 6.08 Å². The number of carbonyl (C=O) groups excluding carboxylic acids is 1. The van der Waals surface area contributed by atoms with E-state index in [1.54, 1.807) is 18.2 Å². The Labute approximate surface area is 148 Å². The lowest BCUT2D eigenvalue weighted by atomic mass is 10.2. The van der Waals surface area contributed by atoms with Crippen molar-refractivity contribution in [1.29, 1.82) is 0 Å². The Morgan fingerprint density at radius 3 is 2.48 bits per heavy atom. The minimum atomic E-state index is -0.438. The van der Waals surface area contributed by atoms with Gasteiger partial charge in [-0.2, -0.15) is 0 Å². The van der Waals surface area contributed by atoms with Gasteiger partial charge >= 0.3 is 5.97 Å². The lowest BCUT2D eigenvalue weighted by Crippen LogP contribution is -2.17. The van der Waals surface area contributed by atoms with Crippen LogP contribution in [0, 0.1) is 0 Å². The number of esters is 1. The molecule has 4 heteroatoms. The van der Waals surface area contributed by atoms with Crippen LogP contribution in [0.25, 0.3) is 6.08 Å². The maximum absolute atomic E-state index is 11.8. The van der Waals surface area contributed by atoms with Crippen LogP contribution in [0.5, 0.6) is 11.5 Å². The molecule has 0 aliphatic carbocycles. The molecule has 0 spiro atoms. The largest absolute Gasteiger partial charge is 0.491 e. The maximum atomic E-state index is 11.8. The molecule has 4 nitrogen and oxygen atoms in total. The van der Waals surface area contributed by atoms with Gasteiger partial charge in [0.15, 0.2) is 0 Å². The third kappa shape index (κ3) is 7.23. The number of para-hydroxylation sites is 1. The molecule has 2 aromatic carbocycles. The second-order valence-electron chi connectivity index (χ2n) is 5.74. The fourth-order valence-electron chi connectivity index (χ4n) is 2.19. The molecular formula is C21H24O4. The minimum absolute atomic E-state index is 0.290. The SMILES string of the molecule is CCCCC(O)COc1ccc(/C=C/C(=O)Oc2ccccc2)cc1. The van der Waals surface area contributed by atoms with Crippen molar-refractivity contribution in [2.45, 2.75) is 32.3 Å². The number of ether oxygens (including phenoxy) is 2. The van der Waals surface area contributed by atoms with Crippen molar-refractivity contribution in [1.82, 2.24) is 0 Å². The van der Waals surface area contributed by atoms with Crippen molar-refractivity contribution in [3.63, 3.8) is 0 Å². The molecule has 1 N–H and O–H groups in total. The summed E-state index contributed by atoms with van der Waals surface area (Å²) in [7, 11) is 0. The zero-order chi connectivity index (χ0) is 17.9. The van der Waals surface area contributed by atoms with Crippen LogP contribution in [0.1, 0.15) is 31.7 Å². The summed E-state index contributed by atoms with van der Waals surface area (Å²) in [6.45, 7) is 2.38. The number of hydrogen-bond donors (Lipinski definition) is 1. The molecule has 1 atom stereocenters. The molecule has 0 heterocycles. The molecule has 132 valence electrons. The maximum Gasteiger partial charge on any atom is 0.336 e. The molecule has 0 aromatic heterocycles. The molecule has 0 bridgehead atoms. The Hall–Kier alpha value is -2.59. The zero-order valence-electron chi connectivity index (χ0n) is 14.4.